The molecule has 0 aliphatic carbocycles. The Hall–Kier alpha value is -1.39. The first-order valence-corrected chi connectivity index (χ1v) is 3.99. The molecular formula is C9H10N2O2. The van der Waals surface area contributed by atoms with E-state index >= 15 is 0 Å². The molecular weight excluding hydrogens is 168 g/mol. The summed E-state index contributed by atoms with van der Waals surface area (Å²) in [4.78, 5) is 8.81. The number of aromatic nitrogens is 1. The molecule has 1 aromatic heterocycles. The third kappa shape index (κ3) is 1.54. The lowest BCUT2D eigenvalue weighted by Gasteiger charge is -2.01. The summed E-state index contributed by atoms with van der Waals surface area (Å²) >= 11 is 0. The van der Waals surface area contributed by atoms with Crippen LogP contribution in [0.15, 0.2) is 29.0 Å². The van der Waals surface area contributed by atoms with E-state index in [1.165, 1.54) is 6.39 Å². The maximum Gasteiger partial charge on any atom is 0.181 e. The van der Waals surface area contributed by atoms with Crippen molar-refractivity contribution >= 4 is 11.1 Å². The van der Waals surface area contributed by atoms with Gasteiger partial charge in [-0.2, -0.15) is 5.48 Å². The predicted octanol–water partition coefficient (Wildman–Crippen LogP) is 1.48. The Morgan fingerprint density at radius 1 is 1.54 bits per heavy atom. The monoisotopic (exact) mass is 178 g/mol. The highest BCUT2D eigenvalue weighted by Gasteiger charge is 2.03. The Morgan fingerprint density at radius 2 is 2.46 bits per heavy atom. The SMILES string of the molecule is CONCc1cccc2ncoc12. The number of oxazole rings is 1. The number of rotatable bonds is 3. The molecule has 4 heteroatoms. The van der Waals surface area contributed by atoms with E-state index in [0.29, 0.717) is 6.54 Å². The zero-order valence-corrected chi connectivity index (χ0v) is 7.28. The summed E-state index contributed by atoms with van der Waals surface area (Å²) in [6.07, 6.45) is 1.45. The van der Waals surface area contributed by atoms with Crippen LogP contribution in [0.1, 0.15) is 5.56 Å². The van der Waals surface area contributed by atoms with Crippen LogP contribution in [0.25, 0.3) is 11.1 Å². The molecule has 13 heavy (non-hydrogen) atoms. The number of nitrogens with one attached hydrogen (secondary N) is 1. The van der Waals surface area contributed by atoms with Crippen molar-refractivity contribution in [1.82, 2.24) is 10.5 Å². The average molecular weight is 178 g/mol. The van der Waals surface area contributed by atoms with Crippen LogP contribution in [-0.4, -0.2) is 12.1 Å². The number of hydrogen-bond donors (Lipinski definition) is 1. The van der Waals surface area contributed by atoms with Crippen molar-refractivity contribution in [3.05, 3.63) is 30.2 Å². The quantitative estimate of drug-likeness (QED) is 0.723. The van der Waals surface area contributed by atoms with Crippen LogP contribution in [-0.2, 0) is 11.4 Å². The number of para-hydroxylation sites is 1. The Balaban J connectivity index is 2.37. The van der Waals surface area contributed by atoms with E-state index in [4.69, 9.17) is 9.25 Å². The van der Waals surface area contributed by atoms with Crippen molar-refractivity contribution in [2.45, 2.75) is 6.54 Å². The van der Waals surface area contributed by atoms with E-state index in [0.717, 1.165) is 16.7 Å². The summed E-state index contributed by atoms with van der Waals surface area (Å²) in [5.41, 5.74) is 5.48. The Kier molecular flexibility index (Phi) is 2.25. The molecule has 1 heterocycles. The summed E-state index contributed by atoms with van der Waals surface area (Å²) in [5, 5.41) is 0. The van der Waals surface area contributed by atoms with Crippen molar-refractivity contribution in [2.24, 2.45) is 0 Å². The normalized spacial score (nSPS) is 10.8. The molecule has 0 unspecified atom stereocenters. The highest BCUT2D eigenvalue weighted by Crippen LogP contribution is 2.16. The summed E-state index contributed by atoms with van der Waals surface area (Å²) in [6, 6.07) is 5.83. The Labute approximate surface area is 75.5 Å². The van der Waals surface area contributed by atoms with Gasteiger partial charge in [0.1, 0.15) is 5.52 Å². The van der Waals surface area contributed by atoms with Crippen LogP contribution in [0.2, 0.25) is 0 Å². The van der Waals surface area contributed by atoms with Gasteiger partial charge in [-0.3, -0.25) is 0 Å². The van der Waals surface area contributed by atoms with E-state index in [1.54, 1.807) is 7.11 Å². The number of benzene rings is 1. The topological polar surface area (TPSA) is 47.3 Å². The number of nitrogens with zero attached hydrogens (tertiary/aromatic N) is 1. The molecule has 4 nitrogen and oxygen atoms in total. The fourth-order valence-electron chi connectivity index (χ4n) is 1.23. The van der Waals surface area contributed by atoms with Gasteiger partial charge in [-0.25, -0.2) is 4.98 Å². The molecule has 0 aliphatic heterocycles. The predicted molar refractivity (Wildman–Crippen MR) is 47.9 cm³/mol. The second kappa shape index (κ2) is 3.55. The minimum Gasteiger partial charge on any atom is -0.443 e. The minimum absolute atomic E-state index is 0.614. The Morgan fingerprint density at radius 3 is 3.31 bits per heavy atom. The second-order valence-electron chi connectivity index (χ2n) is 2.64. The first-order valence-electron chi connectivity index (χ1n) is 3.99. The summed E-state index contributed by atoms with van der Waals surface area (Å²) < 4.78 is 5.24. The molecule has 0 fully saturated rings. The van der Waals surface area contributed by atoms with Gasteiger partial charge in [0.25, 0.3) is 0 Å². The first-order chi connectivity index (χ1) is 6.42. The number of hydrogen-bond acceptors (Lipinski definition) is 4. The van der Waals surface area contributed by atoms with Crippen molar-refractivity contribution in [3.8, 4) is 0 Å². The van der Waals surface area contributed by atoms with Crippen LogP contribution >= 0.6 is 0 Å². The molecule has 0 bridgehead atoms. The van der Waals surface area contributed by atoms with E-state index in [1.807, 2.05) is 18.2 Å². The minimum atomic E-state index is 0.614. The van der Waals surface area contributed by atoms with Gasteiger partial charge < -0.3 is 9.25 Å². The van der Waals surface area contributed by atoms with Crippen molar-refractivity contribution in [2.75, 3.05) is 7.11 Å². The van der Waals surface area contributed by atoms with Gasteiger partial charge in [0, 0.05) is 12.1 Å². The van der Waals surface area contributed by atoms with Gasteiger partial charge in [-0.05, 0) is 6.07 Å². The molecule has 1 aromatic carbocycles. The number of hydroxylamine groups is 1. The van der Waals surface area contributed by atoms with Gasteiger partial charge >= 0.3 is 0 Å². The van der Waals surface area contributed by atoms with E-state index in [2.05, 4.69) is 10.5 Å². The van der Waals surface area contributed by atoms with E-state index in [9.17, 15) is 0 Å². The summed E-state index contributed by atoms with van der Waals surface area (Å²) in [5.74, 6) is 0. The molecule has 0 saturated heterocycles. The maximum absolute atomic E-state index is 5.24. The van der Waals surface area contributed by atoms with Gasteiger partial charge in [0.15, 0.2) is 12.0 Å². The van der Waals surface area contributed by atoms with Crippen LogP contribution in [0.3, 0.4) is 0 Å². The standard InChI is InChI=1S/C9H10N2O2/c1-12-11-5-7-3-2-4-8-9(7)13-6-10-8/h2-4,6,11H,5H2,1H3. The van der Waals surface area contributed by atoms with Crippen molar-refractivity contribution < 1.29 is 9.25 Å². The molecule has 1 N–H and O–H groups in total. The molecule has 68 valence electrons. The molecule has 0 atom stereocenters. The van der Waals surface area contributed by atoms with Crippen molar-refractivity contribution in [3.63, 3.8) is 0 Å². The fourth-order valence-corrected chi connectivity index (χ4v) is 1.23. The average Bonchev–Trinajstić information content (AvgIpc) is 2.62. The zero-order chi connectivity index (χ0) is 9.10. The molecule has 2 rings (SSSR count). The number of fused-ring (bicyclic) bond motifs is 1. The van der Waals surface area contributed by atoms with Crippen LogP contribution < -0.4 is 5.48 Å². The van der Waals surface area contributed by atoms with Gasteiger partial charge in [0.2, 0.25) is 0 Å². The molecule has 2 aromatic rings. The largest absolute Gasteiger partial charge is 0.443 e. The van der Waals surface area contributed by atoms with Crippen LogP contribution in [0, 0.1) is 0 Å². The Bertz CT molecular complexity index is 397. The molecule has 0 aliphatic rings. The molecule has 0 amide bonds. The summed E-state index contributed by atoms with van der Waals surface area (Å²) in [7, 11) is 1.58. The van der Waals surface area contributed by atoms with Gasteiger partial charge in [0.05, 0.1) is 7.11 Å². The molecule has 0 radical (unpaired) electrons. The third-order valence-electron chi connectivity index (χ3n) is 1.85. The molecule has 0 spiro atoms. The smallest absolute Gasteiger partial charge is 0.181 e. The second-order valence-corrected chi connectivity index (χ2v) is 2.64. The summed E-state index contributed by atoms with van der Waals surface area (Å²) in [6.45, 7) is 0.614. The zero-order valence-electron chi connectivity index (χ0n) is 7.28. The maximum atomic E-state index is 5.24. The lowest BCUT2D eigenvalue weighted by molar-refractivity contribution is 0.0868. The highest BCUT2D eigenvalue weighted by atomic mass is 16.6. The van der Waals surface area contributed by atoms with E-state index in [-0.39, 0.29) is 0 Å². The van der Waals surface area contributed by atoms with Crippen LogP contribution in [0.4, 0.5) is 0 Å². The van der Waals surface area contributed by atoms with E-state index < -0.39 is 0 Å². The fraction of sp³-hybridized carbons (Fsp3) is 0.222. The highest BCUT2D eigenvalue weighted by molar-refractivity contribution is 5.75. The first kappa shape index (κ1) is 8.22. The van der Waals surface area contributed by atoms with Gasteiger partial charge in [-0.15, -0.1) is 0 Å². The lowest BCUT2D eigenvalue weighted by Crippen LogP contribution is -2.10. The van der Waals surface area contributed by atoms with Gasteiger partial charge in [-0.1, -0.05) is 12.1 Å². The third-order valence-corrected chi connectivity index (χ3v) is 1.85. The van der Waals surface area contributed by atoms with Crippen LogP contribution in [0.5, 0.6) is 0 Å². The lowest BCUT2D eigenvalue weighted by atomic mass is 10.2. The molecule has 0 saturated carbocycles. The van der Waals surface area contributed by atoms with Crippen molar-refractivity contribution in [1.29, 1.82) is 0 Å².